The highest BCUT2D eigenvalue weighted by Crippen LogP contribution is 2.02. The Hall–Kier alpha value is -2.07. The Morgan fingerprint density at radius 1 is 1.77 bits per heavy atom. The number of carbonyl (C=O) groups is 1. The van der Waals surface area contributed by atoms with Crippen LogP contribution >= 0.6 is 0 Å². The maximum Gasteiger partial charge on any atom is 0.335 e. The lowest BCUT2D eigenvalue weighted by Crippen LogP contribution is -1.98. The van der Waals surface area contributed by atoms with Gasteiger partial charge in [-0.25, -0.2) is 4.79 Å². The Kier molecular flexibility index (Phi) is 2.83. The van der Waals surface area contributed by atoms with Crippen LogP contribution in [0.2, 0.25) is 0 Å². The van der Waals surface area contributed by atoms with Gasteiger partial charge in [0.05, 0.1) is 12.1 Å². The first-order chi connectivity index (χ1) is 6.24. The third-order valence-electron chi connectivity index (χ3n) is 1.36. The number of aromatic carboxylic acids is 1. The average molecular weight is 178 g/mol. The Morgan fingerprint density at radius 2 is 2.54 bits per heavy atom. The zero-order chi connectivity index (χ0) is 9.68. The van der Waals surface area contributed by atoms with Gasteiger partial charge in [0.15, 0.2) is 0 Å². The van der Waals surface area contributed by atoms with Crippen LogP contribution in [-0.2, 0) is 6.54 Å². The molecule has 1 N–H and O–H groups in total. The van der Waals surface area contributed by atoms with E-state index >= 15 is 0 Å². The van der Waals surface area contributed by atoms with Gasteiger partial charge in [0, 0.05) is 16.8 Å². The van der Waals surface area contributed by atoms with Gasteiger partial charge in [0.1, 0.15) is 0 Å². The van der Waals surface area contributed by atoms with E-state index in [0.29, 0.717) is 5.69 Å². The van der Waals surface area contributed by atoms with E-state index in [2.05, 4.69) is 15.0 Å². The summed E-state index contributed by atoms with van der Waals surface area (Å²) in [6.45, 7) is 0.0671. The van der Waals surface area contributed by atoms with Crippen molar-refractivity contribution in [2.45, 2.75) is 6.54 Å². The summed E-state index contributed by atoms with van der Waals surface area (Å²) in [6, 6.07) is 2.75. The first-order valence-corrected chi connectivity index (χ1v) is 3.43. The molecule has 6 nitrogen and oxygen atoms in total. The second-order valence-electron chi connectivity index (χ2n) is 2.23. The Labute approximate surface area is 73.5 Å². The van der Waals surface area contributed by atoms with E-state index in [1.165, 1.54) is 18.3 Å². The lowest BCUT2D eigenvalue weighted by Gasteiger charge is -1.96. The molecule has 6 heteroatoms. The van der Waals surface area contributed by atoms with E-state index in [9.17, 15) is 4.79 Å². The molecule has 1 rings (SSSR count). The minimum atomic E-state index is -1.02. The molecule has 0 aliphatic carbocycles. The molecule has 1 heterocycles. The monoisotopic (exact) mass is 178 g/mol. The molecule has 13 heavy (non-hydrogen) atoms. The Morgan fingerprint density at radius 3 is 3.15 bits per heavy atom. The Bertz CT molecular complexity index is 371. The number of nitrogens with zero attached hydrogens (tertiary/aromatic N) is 4. The van der Waals surface area contributed by atoms with Crippen LogP contribution in [0.4, 0.5) is 0 Å². The Balaban J connectivity index is 2.91. The lowest BCUT2D eigenvalue weighted by atomic mass is 10.2. The molecular formula is C7H6N4O2. The first kappa shape index (κ1) is 9.02. The van der Waals surface area contributed by atoms with Crippen LogP contribution in [0.1, 0.15) is 16.1 Å². The van der Waals surface area contributed by atoms with Gasteiger partial charge >= 0.3 is 5.97 Å². The topological polar surface area (TPSA) is 99.0 Å². The number of pyridine rings is 1. The molecule has 0 unspecified atom stereocenters. The minimum Gasteiger partial charge on any atom is -0.478 e. The molecule has 66 valence electrons. The standard InChI is InChI=1S/C7H6N4O2/c8-11-10-4-6-3-5(7(12)13)1-2-9-6/h1-3H,4H2,(H,12,13). The van der Waals surface area contributed by atoms with Crippen molar-refractivity contribution in [2.75, 3.05) is 0 Å². The second-order valence-corrected chi connectivity index (χ2v) is 2.23. The summed E-state index contributed by atoms with van der Waals surface area (Å²) in [4.78, 5) is 16.9. The predicted octanol–water partition coefficient (Wildman–Crippen LogP) is 1.59. The van der Waals surface area contributed by atoms with Crippen LogP contribution in [0.25, 0.3) is 10.4 Å². The van der Waals surface area contributed by atoms with Crippen molar-refractivity contribution in [2.24, 2.45) is 5.11 Å². The van der Waals surface area contributed by atoms with Crippen molar-refractivity contribution in [3.05, 3.63) is 40.0 Å². The molecule has 0 saturated carbocycles. The molecule has 0 radical (unpaired) electrons. The minimum absolute atomic E-state index is 0.0671. The van der Waals surface area contributed by atoms with E-state index in [4.69, 9.17) is 10.6 Å². The molecule has 0 atom stereocenters. The molecule has 0 aliphatic heterocycles. The van der Waals surface area contributed by atoms with Crippen molar-refractivity contribution < 1.29 is 9.90 Å². The fourth-order valence-electron chi connectivity index (χ4n) is 0.802. The van der Waals surface area contributed by atoms with Crippen molar-refractivity contribution in [3.8, 4) is 0 Å². The third kappa shape index (κ3) is 2.46. The molecule has 0 saturated heterocycles. The average Bonchev–Trinajstić information content (AvgIpc) is 2.15. The number of carboxylic acids is 1. The first-order valence-electron chi connectivity index (χ1n) is 3.43. The van der Waals surface area contributed by atoms with Crippen molar-refractivity contribution in [1.29, 1.82) is 0 Å². The smallest absolute Gasteiger partial charge is 0.335 e. The predicted molar refractivity (Wildman–Crippen MR) is 44.0 cm³/mol. The number of hydrogen-bond donors (Lipinski definition) is 1. The number of aromatic nitrogens is 1. The van der Waals surface area contributed by atoms with Gasteiger partial charge in [0.25, 0.3) is 0 Å². The number of rotatable bonds is 3. The van der Waals surface area contributed by atoms with E-state index in [1.54, 1.807) is 0 Å². The summed E-state index contributed by atoms with van der Waals surface area (Å²) in [5.41, 5.74) is 8.60. The quantitative estimate of drug-likeness (QED) is 0.432. The van der Waals surface area contributed by atoms with E-state index in [0.717, 1.165) is 0 Å². The highest BCUT2D eigenvalue weighted by atomic mass is 16.4. The fraction of sp³-hybridized carbons (Fsp3) is 0.143. The lowest BCUT2D eigenvalue weighted by molar-refractivity contribution is 0.0696. The van der Waals surface area contributed by atoms with E-state index in [-0.39, 0.29) is 12.1 Å². The summed E-state index contributed by atoms with van der Waals surface area (Å²) in [6.07, 6.45) is 1.37. The SMILES string of the molecule is [N-]=[N+]=NCc1cc(C(=O)O)ccn1. The summed E-state index contributed by atoms with van der Waals surface area (Å²) >= 11 is 0. The molecule has 0 amide bonds. The summed E-state index contributed by atoms with van der Waals surface area (Å²) in [5.74, 6) is -1.02. The van der Waals surface area contributed by atoms with Gasteiger partial charge in [-0.1, -0.05) is 5.11 Å². The fourth-order valence-corrected chi connectivity index (χ4v) is 0.802. The zero-order valence-electron chi connectivity index (χ0n) is 6.58. The van der Waals surface area contributed by atoms with Crippen LogP contribution in [0, 0.1) is 0 Å². The summed E-state index contributed by atoms with van der Waals surface area (Å²) in [5, 5.41) is 11.9. The number of azide groups is 1. The van der Waals surface area contributed by atoms with Crippen molar-refractivity contribution in [3.63, 3.8) is 0 Å². The van der Waals surface area contributed by atoms with Crippen LogP contribution in [0.3, 0.4) is 0 Å². The number of hydrogen-bond acceptors (Lipinski definition) is 3. The van der Waals surface area contributed by atoms with Gasteiger partial charge in [-0.2, -0.15) is 0 Å². The van der Waals surface area contributed by atoms with Gasteiger partial charge in [-0.05, 0) is 17.7 Å². The van der Waals surface area contributed by atoms with Crippen molar-refractivity contribution >= 4 is 5.97 Å². The molecule has 0 aromatic carbocycles. The van der Waals surface area contributed by atoms with Crippen LogP contribution in [0.15, 0.2) is 23.4 Å². The second kappa shape index (κ2) is 4.08. The molecule has 1 aromatic rings. The maximum atomic E-state index is 10.5. The molecule has 0 bridgehead atoms. The molecule has 0 aliphatic rings. The molecule has 1 aromatic heterocycles. The summed E-state index contributed by atoms with van der Waals surface area (Å²) in [7, 11) is 0. The molecule has 0 spiro atoms. The van der Waals surface area contributed by atoms with Gasteiger partial charge in [-0.15, -0.1) is 0 Å². The van der Waals surface area contributed by atoms with Crippen LogP contribution < -0.4 is 0 Å². The van der Waals surface area contributed by atoms with Gasteiger partial charge in [0.2, 0.25) is 0 Å². The highest BCUT2D eigenvalue weighted by Gasteiger charge is 2.02. The maximum absolute atomic E-state index is 10.5. The highest BCUT2D eigenvalue weighted by molar-refractivity contribution is 5.87. The largest absolute Gasteiger partial charge is 0.478 e. The van der Waals surface area contributed by atoms with Crippen LogP contribution in [0.5, 0.6) is 0 Å². The normalized spacial score (nSPS) is 8.92. The summed E-state index contributed by atoms with van der Waals surface area (Å²) < 4.78 is 0. The third-order valence-corrected chi connectivity index (χ3v) is 1.36. The van der Waals surface area contributed by atoms with Gasteiger partial charge < -0.3 is 5.11 Å². The zero-order valence-corrected chi connectivity index (χ0v) is 6.58. The van der Waals surface area contributed by atoms with Crippen molar-refractivity contribution in [1.82, 2.24) is 4.98 Å². The number of carboxylic acid groups (broad SMARTS) is 1. The molecule has 0 fully saturated rings. The van der Waals surface area contributed by atoms with E-state index < -0.39 is 5.97 Å². The van der Waals surface area contributed by atoms with E-state index in [1.807, 2.05) is 0 Å². The van der Waals surface area contributed by atoms with Crippen LogP contribution in [-0.4, -0.2) is 16.1 Å². The van der Waals surface area contributed by atoms with Gasteiger partial charge in [-0.3, -0.25) is 4.98 Å². The molecular weight excluding hydrogens is 172 g/mol.